The van der Waals surface area contributed by atoms with E-state index >= 15 is 0 Å². The summed E-state index contributed by atoms with van der Waals surface area (Å²) < 4.78 is 2.29. The third-order valence-corrected chi connectivity index (χ3v) is 4.07. The van der Waals surface area contributed by atoms with Gasteiger partial charge in [0.25, 0.3) is 0 Å². The van der Waals surface area contributed by atoms with Crippen molar-refractivity contribution < 1.29 is 0 Å². The number of rotatable bonds is 3. The van der Waals surface area contributed by atoms with Crippen LogP contribution in [0.5, 0.6) is 0 Å². The number of aromatic nitrogens is 3. The SMILES string of the molecule is CCN1CCCC(n2cncc2-c2ccc(N)nc2)C1. The summed E-state index contributed by atoms with van der Waals surface area (Å²) in [6, 6.07) is 4.35. The van der Waals surface area contributed by atoms with E-state index in [9.17, 15) is 0 Å². The number of pyridine rings is 1. The molecule has 3 rings (SSSR count). The maximum Gasteiger partial charge on any atom is 0.123 e. The summed E-state index contributed by atoms with van der Waals surface area (Å²) in [5, 5.41) is 0. The fourth-order valence-corrected chi connectivity index (χ4v) is 2.92. The van der Waals surface area contributed by atoms with Gasteiger partial charge in [0.15, 0.2) is 0 Å². The zero-order valence-corrected chi connectivity index (χ0v) is 11.9. The second kappa shape index (κ2) is 5.63. The molecule has 3 heterocycles. The normalized spacial score (nSPS) is 20.1. The Morgan fingerprint density at radius 2 is 2.25 bits per heavy atom. The molecule has 1 saturated heterocycles. The first-order chi connectivity index (χ1) is 9.78. The molecule has 0 amide bonds. The predicted molar refractivity (Wildman–Crippen MR) is 80.3 cm³/mol. The van der Waals surface area contributed by atoms with Gasteiger partial charge in [0.05, 0.1) is 18.2 Å². The minimum absolute atomic E-state index is 0.499. The molecular formula is C15H21N5. The van der Waals surface area contributed by atoms with E-state index in [2.05, 4.69) is 26.4 Å². The van der Waals surface area contributed by atoms with Crippen molar-refractivity contribution in [1.29, 1.82) is 0 Å². The minimum Gasteiger partial charge on any atom is -0.384 e. The second-order valence-electron chi connectivity index (χ2n) is 5.35. The van der Waals surface area contributed by atoms with Crippen LogP contribution in [0.2, 0.25) is 0 Å². The Labute approximate surface area is 119 Å². The van der Waals surface area contributed by atoms with Crippen LogP contribution in [0.1, 0.15) is 25.8 Å². The van der Waals surface area contributed by atoms with Crippen LogP contribution in [-0.2, 0) is 0 Å². The van der Waals surface area contributed by atoms with Gasteiger partial charge in [0.1, 0.15) is 5.82 Å². The molecule has 2 aromatic heterocycles. The average molecular weight is 271 g/mol. The molecule has 1 aliphatic heterocycles. The van der Waals surface area contributed by atoms with E-state index < -0.39 is 0 Å². The summed E-state index contributed by atoms with van der Waals surface area (Å²) >= 11 is 0. The standard InChI is InChI=1S/C15H21N5/c1-2-19-7-3-4-13(10-19)20-11-17-9-14(20)12-5-6-15(16)18-8-12/h5-6,8-9,11,13H,2-4,7,10H2,1H3,(H2,16,18). The lowest BCUT2D eigenvalue weighted by Crippen LogP contribution is -2.36. The molecule has 1 unspecified atom stereocenters. The van der Waals surface area contributed by atoms with Gasteiger partial charge >= 0.3 is 0 Å². The number of anilines is 1. The molecule has 0 saturated carbocycles. The molecule has 106 valence electrons. The Kier molecular flexibility index (Phi) is 3.69. The third-order valence-electron chi connectivity index (χ3n) is 4.07. The zero-order valence-electron chi connectivity index (χ0n) is 11.9. The Balaban J connectivity index is 1.88. The summed E-state index contributed by atoms with van der Waals surface area (Å²) in [5.41, 5.74) is 7.86. The van der Waals surface area contributed by atoms with Crippen molar-refractivity contribution in [2.24, 2.45) is 0 Å². The lowest BCUT2D eigenvalue weighted by atomic mass is 10.0. The first-order valence-corrected chi connectivity index (χ1v) is 7.24. The van der Waals surface area contributed by atoms with E-state index in [1.165, 1.54) is 19.4 Å². The number of likely N-dealkylation sites (N-methyl/N-ethyl adjacent to an activating group) is 1. The second-order valence-corrected chi connectivity index (χ2v) is 5.35. The first kappa shape index (κ1) is 13.1. The Morgan fingerprint density at radius 3 is 3.00 bits per heavy atom. The van der Waals surface area contributed by atoms with E-state index in [1.807, 2.05) is 30.9 Å². The number of piperidine rings is 1. The number of hydrogen-bond acceptors (Lipinski definition) is 4. The topological polar surface area (TPSA) is 60.0 Å². The van der Waals surface area contributed by atoms with Gasteiger partial charge in [-0.15, -0.1) is 0 Å². The lowest BCUT2D eigenvalue weighted by molar-refractivity contribution is 0.186. The molecule has 1 aliphatic rings. The summed E-state index contributed by atoms with van der Waals surface area (Å²) in [7, 11) is 0. The largest absolute Gasteiger partial charge is 0.384 e. The number of imidazole rings is 1. The van der Waals surface area contributed by atoms with Crippen LogP contribution in [-0.4, -0.2) is 39.1 Å². The molecule has 5 nitrogen and oxygen atoms in total. The molecule has 0 bridgehead atoms. The van der Waals surface area contributed by atoms with Crippen LogP contribution < -0.4 is 5.73 Å². The van der Waals surface area contributed by atoms with Crippen molar-refractivity contribution in [1.82, 2.24) is 19.4 Å². The van der Waals surface area contributed by atoms with Gasteiger partial charge < -0.3 is 15.2 Å². The number of likely N-dealkylation sites (tertiary alicyclic amines) is 1. The van der Waals surface area contributed by atoms with E-state index in [0.717, 1.165) is 24.3 Å². The summed E-state index contributed by atoms with van der Waals surface area (Å²) in [5.74, 6) is 0.551. The molecule has 0 radical (unpaired) electrons. The van der Waals surface area contributed by atoms with E-state index in [4.69, 9.17) is 5.73 Å². The molecular weight excluding hydrogens is 250 g/mol. The highest BCUT2D eigenvalue weighted by molar-refractivity contribution is 5.59. The fourth-order valence-electron chi connectivity index (χ4n) is 2.92. The van der Waals surface area contributed by atoms with Gasteiger partial charge in [-0.1, -0.05) is 6.92 Å². The highest BCUT2D eigenvalue weighted by Gasteiger charge is 2.22. The van der Waals surface area contributed by atoms with Gasteiger partial charge in [-0.25, -0.2) is 9.97 Å². The highest BCUT2D eigenvalue weighted by atomic mass is 15.2. The van der Waals surface area contributed by atoms with Gasteiger partial charge in [0.2, 0.25) is 0 Å². The number of nitrogens with two attached hydrogens (primary N) is 1. The molecule has 5 heteroatoms. The summed E-state index contributed by atoms with van der Waals surface area (Å²) in [4.78, 5) is 11.0. The average Bonchev–Trinajstić information content (AvgIpc) is 2.97. The van der Waals surface area contributed by atoms with Crippen LogP contribution in [0, 0.1) is 0 Å². The highest BCUT2D eigenvalue weighted by Crippen LogP contribution is 2.27. The van der Waals surface area contributed by atoms with E-state index in [0.29, 0.717) is 11.9 Å². The Bertz CT molecular complexity index is 560. The molecule has 0 spiro atoms. The molecule has 2 aromatic rings. The molecule has 1 atom stereocenters. The van der Waals surface area contributed by atoms with Crippen molar-refractivity contribution in [2.45, 2.75) is 25.8 Å². The molecule has 0 aliphatic carbocycles. The van der Waals surface area contributed by atoms with Gasteiger partial charge in [0, 0.05) is 24.3 Å². The van der Waals surface area contributed by atoms with Gasteiger partial charge in [-0.05, 0) is 38.1 Å². The van der Waals surface area contributed by atoms with Crippen LogP contribution in [0.25, 0.3) is 11.3 Å². The summed E-state index contributed by atoms with van der Waals surface area (Å²) in [6.07, 6.45) is 8.13. The van der Waals surface area contributed by atoms with E-state index in [1.54, 1.807) is 0 Å². The smallest absolute Gasteiger partial charge is 0.123 e. The predicted octanol–water partition coefficient (Wildman–Crippen LogP) is 2.18. The van der Waals surface area contributed by atoms with Gasteiger partial charge in [-0.3, -0.25) is 0 Å². The number of nitrogens with zero attached hydrogens (tertiary/aromatic N) is 4. The number of nitrogen functional groups attached to an aromatic ring is 1. The van der Waals surface area contributed by atoms with Crippen molar-refractivity contribution in [2.75, 3.05) is 25.4 Å². The number of hydrogen-bond donors (Lipinski definition) is 1. The molecule has 0 aromatic carbocycles. The van der Waals surface area contributed by atoms with Crippen LogP contribution in [0.3, 0.4) is 0 Å². The van der Waals surface area contributed by atoms with Crippen molar-refractivity contribution in [3.8, 4) is 11.3 Å². The van der Waals surface area contributed by atoms with Crippen molar-refractivity contribution in [3.63, 3.8) is 0 Å². The molecule has 20 heavy (non-hydrogen) atoms. The lowest BCUT2D eigenvalue weighted by Gasteiger charge is -2.33. The van der Waals surface area contributed by atoms with Crippen LogP contribution in [0.15, 0.2) is 30.9 Å². The van der Waals surface area contributed by atoms with Crippen LogP contribution >= 0.6 is 0 Å². The third kappa shape index (κ3) is 2.54. The first-order valence-electron chi connectivity index (χ1n) is 7.24. The fraction of sp³-hybridized carbons (Fsp3) is 0.467. The molecule has 1 fully saturated rings. The van der Waals surface area contributed by atoms with Crippen molar-refractivity contribution >= 4 is 5.82 Å². The molecule has 2 N–H and O–H groups in total. The Hall–Kier alpha value is -1.88. The monoisotopic (exact) mass is 271 g/mol. The minimum atomic E-state index is 0.499. The van der Waals surface area contributed by atoms with E-state index in [-0.39, 0.29) is 0 Å². The van der Waals surface area contributed by atoms with Crippen molar-refractivity contribution in [3.05, 3.63) is 30.9 Å². The summed E-state index contributed by atoms with van der Waals surface area (Å²) in [6.45, 7) is 5.65. The van der Waals surface area contributed by atoms with Crippen LogP contribution in [0.4, 0.5) is 5.82 Å². The van der Waals surface area contributed by atoms with Gasteiger partial charge in [-0.2, -0.15) is 0 Å². The quantitative estimate of drug-likeness (QED) is 0.929. The maximum absolute atomic E-state index is 5.66. The zero-order chi connectivity index (χ0) is 13.9. The Morgan fingerprint density at radius 1 is 1.35 bits per heavy atom. The maximum atomic E-state index is 5.66.